The van der Waals surface area contributed by atoms with Gasteiger partial charge in [-0.2, -0.15) is 5.10 Å². The van der Waals surface area contributed by atoms with Crippen molar-refractivity contribution in [3.8, 4) is 0 Å². The quantitative estimate of drug-likeness (QED) is 0.923. The second kappa shape index (κ2) is 7.03. The summed E-state index contributed by atoms with van der Waals surface area (Å²) in [5.74, 6) is 0. The first-order chi connectivity index (χ1) is 10.4. The third-order valence-electron chi connectivity index (χ3n) is 3.29. The van der Waals surface area contributed by atoms with E-state index in [0.29, 0.717) is 16.6 Å². The van der Waals surface area contributed by atoms with Crippen molar-refractivity contribution < 1.29 is 4.79 Å². The van der Waals surface area contributed by atoms with Crippen LogP contribution in [0.15, 0.2) is 30.6 Å². The Hall–Kier alpha value is -1.72. The van der Waals surface area contributed by atoms with Crippen LogP contribution in [-0.2, 0) is 13.6 Å². The lowest BCUT2D eigenvalue weighted by Gasteiger charge is -2.21. The monoisotopic (exact) mass is 340 g/mol. The zero-order valence-electron chi connectivity index (χ0n) is 12.7. The molecule has 22 heavy (non-hydrogen) atoms. The molecule has 5 nitrogen and oxygen atoms in total. The number of aryl methyl sites for hydroxylation is 1. The molecule has 0 radical (unpaired) electrons. The fourth-order valence-electron chi connectivity index (χ4n) is 2.13. The number of hydrogen-bond acceptors (Lipinski definition) is 2. The summed E-state index contributed by atoms with van der Waals surface area (Å²) in [6.07, 6.45) is 3.62. The van der Waals surface area contributed by atoms with Crippen LogP contribution >= 0.6 is 23.2 Å². The summed E-state index contributed by atoms with van der Waals surface area (Å²) < 4.78 is 1.71. The fraction of sp³-hybridized carbons (Fsp3) is 0.333. The van der Waals surface area contributed by atoms with E-state index in [4.69, 9.17) is 23.2 Å². The van der Waals surface area contributed by atoms with Gasteiger partial charge in [-0.1, -0.05) is 29.3 Å². The fourth-order valence-corrected chi connectivity index (χ4v) is 2.70. The smallest absolute Gasteiger partial charge is 0.317 e. The molecule has 0 unspecified atom stereocenters. The minimum absolute atomic E-state index is 0.178. The van der Waals surface area contributed by atoms with Gasteiger partial charge in [0, 0.05) is 35.9 Å². The molecule has 1 aromatic carbocycles. The van der Waals surface area contributed by atoms with Crippen LogP contribution in [0.2, 0.25) is 10.0 Å². The molecule has 0 fully saturated rings. The van der Waals surface area contributed by atoms with Crippen LogP contribution in [-0.4, -0.2) is 27.8 Å². The highest BCUT2D eigenvalue weighted by molar-refractivity contribution is 6.35. The van der Waals surface area contributed by atoms with E-state index in [1.807, 2.05) is 26.2 Å². The Kier molecular flexibility index (Phi) is 5.32. The summed E-state index contributed by atoms with van der Waals surface area (Å²) in [5, 5.41) is 8.11. The number of amides is 2. The Bertz CT molecular complexity index is 671. The number of benzene rings is 1. The standard InChI is InChI=1S/C15H18Cl2N4O/c1-10(13-5-4-12(16)6-14(13)17)19-15(22)20(2)8-11-7-18-21(3)9-11/h4-7,9-10H,8H2,1-3H3,(H,19,22)/t10-/m0/s1. The molecule has 118 valence electrons. The molecule has 2 aromatic rings. The van der Waals surface area contributed by atoms with Crippen molar-refractivity contribution in [2.24, 2.45) is 7.05 Å². The lowest BCUT2D eigenvalue weighted by atomic mass is 10.1. The lowest BCUT2D eigenvalue weighted by molar-refractivity contribution is 0.203. The minimum Gasteiger partial charge on any atom is -0.331 e. The van der Waals surface area contributed by atoms with Gasteiger partial charge < -0.3 is 10.2 Å². The summed E-state index contributed by atoms with van der Waals surface area (Å²) >= 11 is 12.0. The molecule has 1 aromatic heterocycles. The van der Waals surface area contributed by atoms with Crippen LogP contribution in [0.4, 0.5) is 4.79 Å². The van der Waals surface area contributed by atoms with Gasteiger partial charge in [0.05, 0.1) is 18.8 Å². The number of nitrogens with one attached hydrogen (secondary N) is 1. The first-order valence-corrected chi connectivity index (χ1v) is 7.56. The number of urea groups is 1. The topological polar surface area (TPSA) is 50.2 Å². The Balaban J connectivity index is 1.98. The van der Waals surface area contributed by atoms with Crippen molar-refractivity contribution in [2.75, 3.05) is 7.05 Å². The Labute approximate surface area is 139 Å². The molecular formula is C15H18Cl2N4O. The van der Waals surface area contributed by atoms with E-state index >= 15 is 0 Å². The van der Waals surface area contributed by atoms with Crippen molar-refractivity contribution in [3.05, 3.63) is 51.8 Å². The van der Waals surface area contributed by atoms with Crippen LogP contribution in [0.1, 0.15) is 24.1 Å². The SMILES string of the molecule is C[C@H](NC(=O)N(C)Cc1cnn(C)c1)c1ccc(Cl)cc1Cl. The molecule has 1 heterocycles. The number of aromatic nitrogens is 2. The van der Waals surface area contributed by atoms with Gasteiger partial charge in [-0.25, -0.2) is 4.79 Å². The molecule has 0 aliphatic carbocycles. The first-order valence-electron chi connectivity index (χ1n) is 6.81. The van der Waals surface area contributed by atoms with E-state index in [-0.39, 0.29) is 12.1 Å². The van der Waals surface area contributed by atoms with Crippen molar-refractivity contribution in [3.63, 3.8) is 0 Å². The van der Waals surface area contributed by atoms with Crippen molar-refractivity contribution in [2.45, 2.75) is 19.5 Å². The van der Waals surface area contributed by atoms with E-state index in [1.54, 1.807) is 35.0 Å². The normalized spacial score (nSPS) is 12.0. The van der Waals surface area contributed by atoms with Crippen LogP contribution in [0.25, 0.3) is 0 Å². The predicted octanol–water partition coefficient (Wildman–Crippen LogP) is 3.63. The molecule has 2 amide bonds. The summed E-state index contributed by atoms with van der Waals surface area (Å²) in [7, 11) is 3.58. The highest BCUT2D eigenvalue weighted by Crippen LogP contribution is 2.26. The third kappa shape index (κ3) is 4.15. The zero-order valence-corrected chi connectivity index (χ0v) is 14.2. The van der Waals surface area contributed by atoms with E-state index < -0.39 is 0 Å². The van der Waals surface area contributed by atoms with Gasteiger partial charge >= 0.3 is 6.03 Å². The Morgan fingerprint density at radius 1 is 1.45 bits per heavy atom. The number of halogens is 2. The average Bonchev–Trinajstić information content (AvgIpc) is 2.83. The number of nitrogens with zero attached hydrogens (tertiary/aromatic N) is 3. The molecule has 0 aliphatic rings. The number of carbonyl (C=O) groups is 1. The van der Waals surface area contributed by atoms with Gasteiger partial charge in [-0.3, -0.25) is 4.68 Å². The highest BCUT2D eigenvalue weighted by Gasteiger charge is 2.16. The number of hydrogen-bond donors (Lipinski definition) is 1. The third-order valence-corrected chi connectivity index (χ3v) is 3.86. The molecule has 0 spiro atoms. The van der Waals surface area contributed by atoms with E-state index in [0.717, 1.165) is 11.1 Å². The molecular weight excluding hydrogens is 323 g/mol. The van der Waals surface area contributed by atoms with Crippen LogP contribution in [0, 0.1) is 0 Å². The summed E-state index contributed by atoms with van der Waals surface area (Å²) in [5.41, 5.74) is 1.80. The molecule has 1 N–H and O–H groups in total. The van der Waals surface area contributed by atoms with Gasteiger partial charge in [0.2, 0.25) is 0 Å². The number of rotatable bonds is 4. The average molecular weight is 341 g/mol. The summed E-state index contributed by atoms with van der Waals surface area (Å²) in [6.45, 7) is 2.37. The van der Waals surface area contributed by atoms with Crippen molar-refractivity contribution in [1.82, 2.24) is 20.0 Å². The maximum absolute atomic E-state index is 12.2. The maximum Gasteiger partial charge on any atom is 0.317 e. The first kappa shape index (κ1) is 16.6. The lowest BCUT2D eigenvalue weighted by Crippen LogP contribution is -2.38. The molecule has 0 saturated carbocycles. The molecule has 7 heteroatoms. The highest BCUT2D eigenvalue weighted by atomic mass is 35.5. The van der Waals surface area contributed by atoms with Gasteiger partial charge in [0.15, 0.2) is 0 Å². The second-order valence-corrected chi connectivity index (χ2v) is 6.06. The largest absolute Gasteiger partial charge is 0.331 e. The second-order valence-electron chi connectivity index (χ2n) is 5.22. The van der Waals surface area contributed by atoms with Crippen LogP contribution in [0.5, 0.6) is 0 Å². The van der Waals surface area contributed by atoms with E-state index in [1.165, 1.54) is 0 Å². The summed E-state index contributed by atoms with van der Waals surface area (Å²) in [6, 6.07) is 4.85. The van der Waals surface area contributed by atoms with Gasteiger partial charge in [-0.15, -0.1) is 0 Å². The molecule has 1 atom stereocenters. The molecule has 2 rings (SSSR count). The van der Waals surface area contributed by atoms with Crippen molar-refractivity contribution >= 4 is 29.2 Å². The molecule has 0 bridgehead atoms. The zero-order chi connectivity index (χ0) is 16.3. The predicted molar refractivity (Wildman–Crippen MR) is 88.1 cm³/mol. The maximum atomic E-state index is 12.2. The van der Waals surface area contributed by atoms with E-state index in [9.17, 15) is 4.79 Å². The van der Waals surface area contributed by atoms with Crippen molar-refractivity contribution in [1.29, 1.82) is 0 Å². The number of carbonyl (C=O) groups excluding carboxylic acids is 1. The van der Waals surface area contributed by atoms with Crippen LogP contribution in [0.3, 0.4) is 0 Å². The molecule has 0 aliphatic heterocycles. The minimum atomic E-state index is -0.214. The Morgan fingerprint density at radius 2 is 2.18 bits per heavy atom. The molecule has 0 saturated heterocycles. The van der Waals surface area contributed by atoms with Crippen LogP contribution < -0.4 is 5.32 Å². The van der Waals surface area contributed by atoms with Gasteiger partial charge in [0.25, 0.3) is 0 Å². The summed E-state index contributed by atoms with van der Waals surface area (Å²) in [4.78, 5) is 13.8. The van der Waals surface area contributed by atoms with Gasteiger partial charge in [-0.05, 0) is 24.6 Å². The Morgan fingerprint density at radius 3 is 2.77 bits per heavy atom. The van der Waals surface area contributed by atoms with Gasteiger partial charge in [0.1, 0.15) is 0 Å². The van der Waals surface area contributed by atoms with E-state index in [2.05, 4.69) is 10.4 Å².